The monoisotopic (exact) mass is 240 g/mol. The largest absolute Gasteiger partial charge is 0.378 e. The summed E-state index contributed by atoms with van der Waals surface area (Å²) in [7, 11) is 1.46. The zero-order valence-electron chi connectivity index (χ0n) is 9.30. The molecule has 1 aromatic heterocycles. The number of aromatic nitrogens is 2. The third-order valence-electron chi connectivity index (χ3n) is 2.03. The number of anilines is 2. The van der Waals surface area contributed by atoms with Gasteiger partial charge >= 0.3 is 5.69 Å². The lowest BCUT2D eigenvalue weighted by Gasteiger charge is -2.12. The van der Waals surface area contributed by atoms with Gasteiger partial charge in [-0.05, 0) is 6.92 Å². The molecule has 0 fully saturated rings. The molecule has 0 aliphatic heterocycles. The summed E-state index contributed by atoms with van der Waals surface area (Å²) in [5.41, 5.74) is 4.93. The van der Waals surface area contributed by atoms with E-state index >= 15 is 0 Å². The van der Waals surface area contributed by atoms with Gasteiger partial charge in [0.25, 0.3) is 0 Å². The molecule has 92 valence electrons. The van der Waals surface area contributed by atoms with Crippen LogP contribution in [0, 0.1) is 10.1 Å². The minimum absolute atomic E-state index is 0.0846. The van der Waals surface area contributed by atoms with Gasteiger partial charge in [0.05, 0.1) is 4.92 Å². The molecular formula is C8H12N6O3. The third-order valence-corrected chi connectivity index (χ3v) is 2.03. The van der Waals surface area contributed by atoms with Crippen molar-refractivity contribution in [3.05, 3.63) is 16.4 Å². The molecule has 0 spiro atoms. The fraction of sp³-hybridized carbons (Fsp3) is 0.375. The van der Waals surface area contributed by atoms with Crippen molar-refractivity contribution in [1.29, 1.82) is 0 Å². The highest BCUT2D eigenvalue weighted by molar-refractivity contribution is 5.84. The number of likely N-dealkylation sites (N-methyl/N-ethyl adjacent to an activating group) is 1. The first-order valence-electron chi connectivity index (χ1n) is 4.70. The molecule has 4 N–H and O–H groups in total. The highest BCUT2D eigenvalue weighted by Gasteiger charge is 2.23. The zero-order chi connectivity index (χ0) is 13.0. The molecule has 1 heterocycles. The van der Waals surface area contributed by atoms with Crippen LogP contribution in [-0.4, -0.2) is 33.9 Å². The van der Waals surface area contributed by atoms with E-state index < -0.39 is 16.7 Å². The van der Waals surface area contributed by atoms with E-state index in [0.717, 1.165) is 6.33 Å². The third kappa shape index (κ3) is 2.77. The Bertz CT molecular complexity index is 449. The summed E-state index contributed by atoms with van der Waals surface area (Å²) in [6, 6.07) is -0.673. The zero-order valence-corrected chi connectivity index (χ0v) is 9.30. The Kier molecular flexibility index (Phi) is 3.75. The molecule has 9 heteroatoms. The highest BCUT2D eigenvalue weighted by atomic mass is 16.6. The first-order valence-corrected chi connectivity index (χ1v) is 4.70. The van der Waals surface area contributed by atoms with E-state index in [4.69, 9.17) is 5.73 Å². The molecular weight excluding hydrogens is 228 g/mol. The molecule has 1 atom stereocenters. The number of nitrogens with zero attached hydrogens (tertiary/aromatic N) is 3. The van der Waals surface area contributed by atoms with Crippen LogP contribution in [0.15, 0.2) is 6.33 Å². The summed E-state index contributed by atoms with van der Waals surface area (Å²) < 4.78 is 0. The van der Waals surface area contributed by atoms with E-state index in [-0.39, 0.29) is 17.5 Å². The second-order valence-corrected chi connectivity index (χ2v) is 3.19. The number of carbonyl (C=O) groups is 1. The molecule has 0 aromatic carbocycles. The number of amides is 1. The van der Waals surface area contributed by atoms with Crippen LogP contribution in [0.4, 0.5) is 17.3 Å². The molecule has 1 unspecified atom stereocenters. The Morgan fingerprint density at radius 1 is 1.59 bits per heavy atom. The molecule has 1 amide bonds. The predicted molar refractivity (Wildman–Crippen MR) is 60.3 cm³/mol. The van der Waals surface area contributed by atoms with Crippen LogP contribution in [-0.2, 0) is 4.79 Å². The van der Waals surface area contributed by atoms with E-state index in [0.29, 0.717) is 0 Å². The van der Waals surface area contributed by atoms with E-state index in [1.807, 2.05) is 0 Å². The summed E-state index contributed by atoms with van der Waals surface area (Å²) >= 11 is 0. The van der Waals surface area contributed by atoms with Gasteiger partial charge in [-0.15, -0.1) is 0 Å². The number of hydrogen-bond donors (Lipinski definition) is 3. The van der Waals surface area contributed by atoms with Crippen LogP contribution in [0.1, 0.15) is 6.92 Å². The van der Waals surface area contributed by atoms with Gasteiger partial charge in [0.1, 0.15) is 12.4 Å². The molecule has 0 saturated heterocycles. The van der Waals surface area contributed by atoms with Gasteiger partial charge in [-0.3, -0.25) is 14.9 Å². The minimum atomic E-state index is -0.700. The van der Waals surface area contributed by atoms with Crippen molar-refractivity contribution in [2.24, 2.45) is 0 Å². The van der Waals surface area contributed by atoms with E-state index in [1.165, 1.54) is 7.05 Å². The lowest BCUT2D eigenvalue weighted by molar-refractivity contribution is -0.383. The van der Waals surface area contributed by atoms with Crippen LogP contribution in [0.25, 0.3) is 0 Å². The van der Waals surface area contributed by atoms with Gasteiger partial charge < -0.3 is 16.4 Å². The van der Waals surface area contributed by atoms with E-state index in [2.05, 4.69) is 20.6 Å². The summed E-state index contributed by atoms with van der Waals surface area (Å²) in [5, 5.41) is 15.8. The molecule has 1 aromatic rings. The van der Waals surface area contributed by atoms with Crippen LogP contribution in [0.3, 0.4) is 0 Å². The number of nitrogens with two attached hydrogens (primary N) is 1. The van der Waals surface area contributed by atoms with Crippen LogP contribution < -0.4 is 16.4 Å². The number of hydrogen-bond acceptors (Lipinski definition) is 7. The molecule has 0 bridgehead atoms. The fourth-order valence-corrected chi connectivity index (χ4v) is 1.17. The Morgan fingerprint density at radius 2 is 2.24 bits per heavy atom. The molecule has 9 nitrogen and oxygen atoms in total. The maximum Gasteiger partial charge on any atom is 0.353 e. The molecule has 0 saturated carbocycles. The van der Waals surface area contributed by atoms with Crippen LogP contribution in [0.2, 0.25) is 0 Å². The summed E-state index contributed by atoms with van der Waals surface area (Å²) in [5.74, 6) is -0.660. The lowest BCUT2D eigenvalue weighted by Crippen LogP contribution is -2.35. The molecule has 0 aliphatic carbocycles. The van der Waals surface area contributed by atoms with Crippen molar-refractivity contribution in [3.8, 4) is 0 Å². The van der Waals surface area contributed by atoms with Crippen molar-refractivity contribution in [3.63, 3.8) is 0 Å². The normalized spacial score (nSPS) is 11.6. The number of nitrogen functional groups attached to an aromatic ring is 1. The smallest absolute Gasteiger partial charge is 0.353 e. The van der Waals surface area contributed by atoms with Crippen molar-refractivity contribution in [2.45, 2.75) is 13.0 Å². The van der Waals surface area contributed by atoms with E-state index in [9.17, 15) is 14.9 Å². The molecule has 0 radical (unpaired) electrons. The maximum absolute atomic E-state index is 11.3. The summed E-state index contributed by atoms with van der Waals surface area (Å²) in [6.07, 6.45) is 1.08. The number of carbonyl (C=O) groups excluding carboxylic acids is 1. The maximum atomic E-state index is 11.3. The number of nitro groups is 1. The van der Waals surface area contributed by atoms with Gasteiger partial charge in [-0.1, -0.05) is 0 Å². The van der Waals surface area contributed by atoms with E-state index in [1.54, 1.807) is 6.92 Å². The van der Waals surface area contributed by atoms with Gasteiger partial charge in [0.2, 0.25) is 17.5 Å². The molecule has 1 rings (SSSR count). The van der Waals surface area contributed by atoms with Crippen LogP contribution >= 0.6 is 0 Å². The highest BCUT2D eigenvalue weighted by Crippen LogP contribution is 2.26. The predicted octanol–water partition coefficient (Wildman–Crippen LogP) is -0.487. The van der Waals surface area contributed by atoms with Crippen molar-refractivity contribution in [2.75, 3.05) is 18.1 Å². The molecule has 0 aliphatic rings. The number of nitrogens with one attached hydrogen (secondary N) is 2. The van der Waals surface area contributed by atoms with Gasteiger partial charge in [0.15, 0.2) is 0 Å². The van der Waals surface area contributed by atoms with Gasteiger partial charge in [-0.25, -0.2) is 9.97 Å². The average Bonchev–Trinajstić information content (AvgIpc) is 2.27. The van der Waals surface area contributed by atoms with Crippen molar-refractivity contribution in [1.82, 2.24) is 15.3 Å². The van der Waals surface area contributed by atoms with Crippen LogP contribution in [0.5, 0.6) is 0 Å². The SMILES string of the molecule is CNC(=O)C(C)Nc1ncnc(N)c1[N+](=O)[O-]. The summed E-state index contributed by atoms with van der Waals surface area (Å²) in [6.45, 7) is 1.54. The summed E-state index contributed by atoms with van der Waals surface area (Å²) in [4.78, 5) is 28.5. The Morgan fingerprint density at radius 3 is 2.76 bits per heavy atom. The lowest BCUT2D eigenvalue weighted by atomic mass is 10.3. The van der Waals surface area contributed by atoms with Gasteiger partial charge in [-0.2, -0.15) is 0 Å². The first kappa shape index (κ1) is 12.6. The quantitative estimate of drug-likeness (QED) is 0.477. The Balaban J connectivity index is 3.02. The topological polar surface area (TPSA) is 136 Å². The van der Waals surface area contributed by atoms with Crippen molar-refractivity contribution < 1.29 is 9.72 Å². The van der Waals surface area contributed by atoms with Gasteiger partial charge in [0, 0.05) is 7.05 Å². The second kappa shape index (κ2) is 5.05. The Labute approximate surface area is 96.6 Å². The second-order valence-electron chi connectivity index (χ2n) is 3.19. The Hall–Kier alpha value is -2.45. The van der Waals surface area contributed by atoms with Crippen molar-refractivity contribution >= 4 is 23.2 Å². The standard InChI is InChI=1S/C8H12N6O3/c1-4(8(15)10-2)13-7-5(14(16)17)6(9)11-3-12-7/h3-4H,1-2H3,(H,10,15)(H3,9,11,12,13). The number of rotatable bonds is 4. The minimum Gasteiger partial charge on any atom is -0.378 e. The average molecular weight is 240 g/mol. The molecule has 17 heavy (non-hydrogen) atoms. The first-order chi connectivity index (χ1) is 7.97. The fourth-order valence-electron chi connectivity index (χ4n) is 1.17.